The highest BCUT2D eigenvalue weighted by Crippen LogP contribution is 2.54. The first kappa shape index (κ1) is 19.5. The van der Waals surface area contributed by atoms with Gasteiger partial charge in [0.25, 0.3) is 5.91 Å². The van der Waals surface area contributed by atoms with Gasteiger partial charge in [-0.05, 0) is 27.5 Å². The van der Waals surface area contributed by atoms with E-state index in [1.165, 1.54) is 4.90 Å². The largest absolute Gasteiger partial charge is 0.384 e. The monoisotopic (exact) mass is 411 g/mol. The maximum Gasteiger partial charge on any atom is 0.266 e. The average Bonchev–Trinajstić information content (AvgIpc) is 2.83. The molecule has 3 nitrogen and oxygen atoms in total. The second-order valence-electron chi connectivity index (χ2n) is 7.97. The van der Waals surface area contributed by atoms with Gasteiger partial charge in [0.2, 0.25) is 5.67 Å². The average molecular weight is 411 g/mol. The number of β-lactam (4-membered cyclic amide) rings is 1. The van der Waals surface area contributed by atoms with Crippen LogP contribution in [0.1, 0.15) is 28.8 Å². The van der Waals surface area contributed by atoms with E-state index >= 15 is 4.39 Å². The minimum Gasteiger partial charge on any atom is -0.384 e. The molecule has 0 saturated carbocycles. The van der Waals surface area contributed by atoms with Gasteiger partial charge in [0, 0.05) is 6.54 Å². The summed E-state index contributed by atoms with van der Waals surface area (Å²) in [7, 11) is 0. The van der Waals surface area contributed by atoms with Crippen molar-refractivity contribution in [3.05, 3.63) is 120 Å². The zero-order chi connectivity index (χ0) is 21.4. The summed E-state index contributed by atoms with van der Waals surface area (Å²) >= 11 is 0. The summed E-state index contributed by atoms with van der Waals surface area (Å²) in [6, 6.07) is 30.6. The van der Waals surface area contributed by atoms with E-state index in [1.54, 1.807) is 24.3 Å². The number of fused-ring (bicyclic) bond motifs is 1. The summed E-state index contributed by atoms with van der Waals surface area (Å²) in [4.78, 5) is 14.7. The number of hydrogen-bond donors (Lipinski definition) is 1. The quantitative estimate of drug-likeness (QED) is 0.449. The smallest absolute Gasteiger partial charge is 0.266 e. The Kier molecular flexibility index (Phi) is 4.79. The topological polar surface area (TPSA) is 40.5 Å². The molecular weight excluding hydrogens is 389 g/mol. The van der Waals surface area contributed by atoms with Crippen molar-refractivity contribution in [2.45, 2.75) is 24.4 Å². The Morgan fingerprint density at radius 3 is 2.19 bits per heavy atom. The third-order valence-electron chi connectivity index (χ3n) is 6.13. The molecule has 0 radical (unpaired) electrons. The lowest BCUT2D eigenvalue weighted by Gasteiger charge is -2.53. The number of aliphatic hydroxyl groups excluding tert-OH is 1. The second-order valence-corrected chi connectivity index (χ2v) is 7.97. The second kappa shape index (κ2) is 7.64. The molecule has 154 valence electrons. The van der Waals surface area contributed by atoms with Crippen LogP contribution in [0.25, 0.3) is 10.8 Å². The first-order valence-corrected chi connectivity index (χ1v) is 10.4. The number of halogens is 1. The van der Waals surface area contributed by atoms with Gasteiger partial charge >= 0.3 is 0 Å². The van der Waals surface area contributed by atoms with Gasteiger partial charge in [-0.1, -0.05) is 103 Å². The minimum atomic E-state index is -2.44. The molecule has 31 heavy (non-hydrogen) atoms. The molecular formula is C27H22FNO2. The van der Waals surface area contributed by atoms with E-state index in [1.807, 2.05) is 78.9 Å². The number of amides is 1. The summed E-state index contributed by atoms with van der Waals surface area (Å²) in [5.74, 6) is -0.689. The molecule has 1 saturated heterocycles. The van der Waals surface area contributed by atoms with Crippen molar-refractivity contribution < 1.29 is 14.3 Å². The van der Waals surface area contributed by atoms with Crippen LogP contribution < -0.4 is 0 Å². The van der Waals surface area contributed by atoms with Crippen LogP contribution in [0.15, 0.2) is 103 Å². The molecule has 0 aromatic heterocycles. The molecule has 1 unspecified atom stereocenters. The molecule has 1 aliphatic heterocycles. The number of carbonyl (C=O) groups is 1. The van der Waals surface area contributed by atoms with Crippen molar-refractivity contribution in [3.8, 4) is 0 Å². The number of carbonyl (C=O) groups excluding carboxylic acids is 1. The Labute approximate surface area is 180 Å². The SMILES string of the molecule is O=C1N(Cc2ccccc2)[C@@H](c2ccccc2)[C@]1(F)C(O)c1cccc2ccccc12. The van der Waals surface area contributed by atoms with Crippen LogP contribution in [-0.2, 0) is 11.3 Å². The number of likely N-dealkylation sites (tertiary alicyclic amines) is 1. The highest BCUT2D eigenvalue weighted by atomic mass is 19.1. The van der Waals surface area contributed by atoms with E-state index < -0.39 is 23.7 Å². The standard InChI is InChI=1S/C27H22FNO2/c28-27(25(30)23-17-9-15-20-12-7-8-16-22(20)23)24(21-13-5-2-6-14-21)29(26(27)31)18-19-10-3-1-4-11-19/h1-17,24-25,30H,18H2/t24-,25?,27-/m0/s1. The zero-order valence-electron chi connectivity index (χ0n) is 16.9. The lowest BCUT2D eigenvalue weighted by molar-refractivity contribution is -0.197. The maximum atomic E-state index is 16.6. The molecule has 1 N–H and O–H groups in total. The molecule has 0 aliphatic carbocycles. The van der Waals surface area contributed by atoms with Crippen LogP contribution in [0.5, 0.6) is 0 Å². The van der Waals surface area contributed by atoms with Crippen molar-refractivity contribution >= 4 is 16.7 Å². The molecule has 1 heterocycles. The fraction of sp³-hybridized carbons (Fsp3) is 0.148. The molecule has 4 aromatic rings. The fourth-order valence-corrected chi connectivity index (χ4v) is 4.60. The molecule has 0 spiro atoms. The predicted octanol–water partition coefficient (Wildman–Crippen LogP) is 5.37. The first-order chi connectivity index (χ1) is 15.1. The zero-order valence-corrected chi connectivity index (χ0v) is 16.9. The van der Waals surface area contributed by atoms with Crippen molar-refractivity contribution in [3.63, 3.8) is 0 Å². The van der Waals surface area contributed by atoms with E-state index in [9.17, 15) is 9.90 Å². The molecule has 1 fully saturated rings. The maximum absolute atomic E-state index is 16.6. The highest BCUT2D eigenvalue weighted by molar-refractivity contribution is 5.96. The molecule has 5 rings (SSSR count). The fourth-order valence-electron chi connectivity index (χ4n) is 4.60. The number of alkyl halides is 1. The Bertz CT molecular complexity index is 1220. The Balaban J connectivity index is 1.58. The van der Waals surface area contributed by atoms with E-state index in [4.69, 9.17) is 0 Å². The summed E-state index contributed by atoms with van der Waals surface area (Å²) in [5.41, 5.74) is -0.437. The third kappa shape index (κ3) is 3.11. The lowest BCUT2D eigenvalue weighted by Crippen LogP contribution is -2.68. The number of aliphatic hydroxyl groups is 1. The summed E-state index contributed by atoms with van der Waals surface area (Å²) in [6.45, 7) is 0.285. The van der Waals surface area contributed by atoms with Crippen molar-refractivity contribution in [1.29, 1.82) is 0 Å². The van der Waals surface area contributed by atoms with Crippen LogP contribution >= 0.6 is 0 Å². The number of nitrogens with zero attached hydrogens (tertiary/aromatic N) is 1. The molecule has 4 aromatic carbocycles. The van der Waals surface area contributed by atoms with Crippen LogP contribution in [0, 0.1) is 0 Å². The van der Waals surface area contributed by atoms with E-state index in [2.05, 4.69) is 0 Å². The molecule has 4 heteroatoms. The van der Waals surface area contributed by atoms with Gasteiger partial charge in [0.1, 0.15) is 12.1 Å². The Hall–Kier alpha value is -3.50. The molecule has 1 amide bonds. The van der Waals surface area contributed by atoms with Gasteiger partial charge in [0.15, 0.2) is 0 Å². The molecule has 3 atom stereocenters. The normalized spacial score (nSPS) is 21.7. The van der Waals surface area contributed by atoms with Gasteiger partial charge in [0.05, 0.1) is 0 Å². The molecule has 0 bridgehead atoms. The van der Waals surface area contributed by atoms with Gasteiger partial charge in [-0.15, -0.1) is 0 Å². The Morgan fingerprint density at radius 2 is 1.45 bits per heavy atom. The van der Waals surface area contributed by atoms with Crippen LogP contribution in [0.2, 0.25) is 0 Å². The summed E-state index contributed by atoms with van der Waals surface area (Å²) < 4.78 is 16.6. The van der Waals surface area contributed by atoms with Crippen molar-refractivity contribution in [2.24, 2.45) is 0 Å². The van der Waals surface area contributed by atoms with Crippen LogP contribution in [0.3, 0.4) is 0 Å². The third-order valence-corrected chi connectivity index (χ3v) is 6.13. The highest BCUT2D eigenvalue weighted by Gasteiger charge is 2.66. The van der Waals surface area contributed by atoms with Gasteiger partial charge < -0.3 is 10.0 Å². The van der Waals surface area contributed by atoms with Gasteiger partial charge in [-0.2, -0.15) is 0 Å². The van der Waals surface area contributed by atoms with E-state index in [0.29, 0.717) is 11.1 Å². The van der Waals surface area contributed by atoms with Crippen molar-refractivity contribution in [2.75, 3.05) is 0 Å². The number of benzene rings is 4. The summed E-state index contributed by atoms with van der Waals surface area (Å²) in [5, 5.41) is 12.9. The number of hydrogen-bond acceptors (Lipinski definition) is 2. The van der Waals surface area contributed by atoms with Gasteiger partial charge in [-0.3, -0.25) is 4.79 Å². The molecule has 1 aliphatic rings. The summed E-state index contributed by atoms with van der Waals surface area (Å²) in [6.07, 6.45) is -1.58. The van der Waals surface area contributed by atoms with E-state index in [0.717, 1.165) is 16.3 Å². The van der Waals surface area contributed by atoms with E-state index in [-0.39, 0.29) is 6.54 Å². The predicted molar refractivity (Wildman–Crippen MR) is 119 cm³/mol. The minimum absolute atomic E-state index is 0.285. The van der Waals surface area contributed by atoms with Gasteiger partial charge in [-0.25, -0.2) is 4.39 Å². The number of rotatable bonds is 5. The van der Waals surface area contributed by atoms with Crippen LogP contribution in [0.4, 0.5) is 4.39 Å². The lowest BCUT2D eigenvalue weighted by atomic mass is 9.73. The first-order valence-electron chi connectivity index (χ1n) is 10.4. The van der Waals surface area contributed by atoms with Crippen molar-refractivity contribution in [1.82, 2.24) is 4.90 Å². The Morgan fingerprint density at radius 1 is 0.839 bits per heavy atom. The van der Waals surface area contributed by atoms with Crippen LogP contribution in [-0.4, -0.2) is 21.6 Å².